The molecule has 1 amide bonds. The van der Waals surface area contributed by atoms with Gasteiger partial charge < -0.3 is 9.84 Å². The summed E-state index contributed by atoms with van der Waals surface area (Å²) in [7, 11) is 1.48. The number of anilines is 1. The third-order valence-electron chi connectivity index (χ3n) is 4.41. The van der Waals surface area contributed by atoms with Crippen molar-refractivity contribution < 1.29 is 14.6 Å². The largest absolute Gasteiger partial charge is 0.504 e. The number of aromatic nitrogens is 1. The summed E-state index contributed by atoms with van der Waals surface area (Å²) < 4.78 is 5.17. The van der Waals surface area contributed by atoms with Crippen LogP contribution in [0.4, 0.5) is 11.5 Å². The van der Waals surface area contributed by atoms with E-state index in [0.717, 1.165) is 16.9 Å². The number of amides is 1. The predicted octanol–water partition coefficient (Wildman–Crippen LogP) is 4.91. The van der Waals surface area contributed by atoms with E-state index in [1.165, 1.54) is 24.9 Å². The molecule has 0 radical (unpaired) electrons. The summed E-state index contributed by atoms with van der Waals surface area (Å²) in [5.41, 5.74) is 2.32. The molecule has 0 aliphatic carbocycles. The van der Waals surface area contributed by atoms with Gasteiger partial charge in [0.1, 0.15) is 0 Å². The lowest BCUT2D eigenvalue weighted by atomic mass is 10.2. The molecular weight excluding hydrogens is 398 g/mol. The van der Waals surface area contributed by atoms with Gasteiger partial charge in [0, 0.05) is 5.69 Å². The molecule has 2 aromatic carbocycles. The van der Waals surface area contributed by atoms with E-state index in [-0.39, 0.29) is 11.7 Å². The SMILES string of the molecule is COc1cc(/C=C2\S/C(=N/c3cccc(C)n3)N(c3ccccc3)C2=O)ccc1O. The van der Waals surface area contributed by atoms with Crippen molar-refractivity contribution in [3.8, 4) is 11.5 Å². The van der Waals surface area contributed by atoms with Crippen LogP contribution >= 0.6 is 11.8 Å². The number of aliphatic imine (C=N–C) groups is 1. The number of amidine groups is 1. The third-order valence-corrected chi connectivity index (χ3v) is 5.37. The highest BCUT2D eigenvalue weighted by atomic mass is 32.2. The van der Waals surface area contributed by atoms with Gasteiger partial charge in [-0.25, -0.2) is 9.98 Å². The summed E-state index contributed by atoms with van der Waals surface area (Å²) in [5, 5.41) is 10.3. The second kappa shape index (κ2) is 8.42. The number of aromatic hydroxyl groups is 1. The lowest BCUT2D eigenvalue weighted by Crippen LogP contribution is -2.28. The summed E-state index contributed by atoms with van der Waals surface area (Å²) in [5.74, 6) is 0.754. The number of phenols is 1. The van der Waals surface area contributed by atoms with Crippen molar-refractivity contribution in [1.82, 2.24) is 4.98 Å². The lowest BCUT2D eigenvalue weighted by molar-refractivity contribution is -0.113. The second-order valence-corrected chi connectivity index (χ2v) is 7.56. The molecule has 1 fully saturated rings. The minimum absolute atomic E-state index is 0.0451. The van der Waals surface area contributed by atoms with Crippen LogP contribution in [-0.2, 0) is 4.79 Å². The number of ether oxygens (including phenoxy) is 1. The number of nitrogens with zero attached hydrogens (tertiary/aromatic N) is 3. The number of phenolic OH excluding ortho intramolecular Hbond substituents is 1. The van der Waals surface area contributed by atoms with Gasteiger partial charge in [0.25, 0.3) is 5.91 Å². The predicted molar refractivity (Wildman–Crippen MR) is 120 cm³/mol. The quantitative estimate of drug-likeness (QED) is 0.611. The molecule has 7 heteroatoms. The van der Waals surface area contributed by atoms with Crippen molar-refractivity contribution in [2.45, 2.75) is 6.92 Å². The Morgan fingerprint density at radius 2 is 1.90 bits per heavy atom. The van der Waals surface area contributed by atoms with Crippen molar-refractivity contribution in [2.24, 2.45) is 4.99 Å². The van der Waals surface area contributed by atoms with E-state index in [0.29, 0.717) is 21.6 Å². The number of rotatable bonds is 4. The molecule has 150 valence electrons. The smallest absolute Gasteiger partial charge is 0.271 e. The maximum atomic E-state index is 13.3. The first-order valence-corrected chi connectivity index (χ1v) is 10.1. The molecular formula is C23H19N3O3S. The van der Waals surface area contributed by atoms with Gasteiger partial charge in [-0.3, -0.25) is 9.69 Å². The van der Waals surface area contributed by atoms with Crippen molar-refractivity contribution in [1.29, 1.82) is 0 Å². The normalized spacial score (nSPS) is 16.5. The Morgan fingerprint density at radius 3 is 2.63 bits per heavy atom. The molecule has 0 spiro atoms. The molecule has 1 aliphatic heterocycles. The van der Waals surface area contributed by atoms with Crippen LogP contribution in [0.2, 0.25) is 0 Å². The van der Waals surface area contributed by atoms with E-state index in [4.69, 9.17) is 4.74 Å². The van der Waals surface area contributed by atoms with Crippen LogP contribution < -0.4 is 9.64 Å². The van der Waals surface area contributed by atoms with Gasteiger partial charge in [-0.15, -0.1) is 0 Å². The molecule has 2 heterocycles. The molecule has 1 N–H and O–H groups in total. The molecule has 1 aliphatic rings. The number of para-hydroxylation sites is 1. The van der Waals surface area contributed by atoms with Gasteiger partial charge in [0.05, 0.1) is 17.7 Å². The van der Waals surface area contributed by atoms with Crippen LogP contribution in [0.25, 0.3) is 6.08 Å². The zero-order valence-corrected chi connectivity index (χ0v) is 17.3. The van der Waals surface area contributed by atoms with Crippen molar-refractivity contribution >= 4 is 40.4 Å². The van der Waals surface area contributed by atoms with Gasteiger partial charge in [0.15, 0.2) is 22.5 Å². The Balaban J connectivity index is 1.77. The van der Waals surface area contributed by atoms with Crippen LogP contribution in [0.5, 0.6) is 11.5 Å². The van der Waals surface area contributed by atoms with E-state index in [9.17, 15) is 9.90 Å². The Kier molecular flexibility index (Phi) is 5.54. The Labute approximate surface area is 178 Å². The number of methoxy groups -OCH3 is 1. The summed E-state index contributed by atoms with van der Waals surface area (Å²) in [6.45, 7) is 1.90. The second-order valence-electron chi connectivity index (χ2n) is 6.55. The maximum absolute atomic E-state index is 13.3. The maximum Gasteiger partial charge on any atom is 0.271 e. The first kappa shape index (κ1) is 19.7. The number of hydrogen-bond acceptors (Lipinski definition) is 6. The first-order valence-electron chi connectivity index (χ1n) is 9.23. The first-order chi connectivity index (χ1) is 14.5. The van der Waals surface area contributed by atoms with Gasteiger partial charge in [-0.1, -0.05) is 30.3 Å². The fourth-order valence-electron chi connectivity index (χ4n) is 2.98. The van der Waals surface area contributed by atoms with Gasteiger partial charge in [0.2, 0.25) is 0 Å². The van der Waals surface area contributed by atoms with E-state index < -0.39 is 0 Å². The van der Waals surface area contributed by atoms with E-state index in [1.807, 2.05) is 49.4 Å². The van der Waals surface area contributed by atoms with Gasteiger partial charge >= 0.3 is 0 Å². The summed E-state index contributed by atoms with van der Waals surface area (Å²) in [4.78, 5) is 24.4. The molecule has 4 rings (SSSR count). The van der Waals surface area contributed by atoms with Crippen LogP contribution in [0, 0.1) is 6.92 Å². The Morgan fingerprint density at radius 1 is 1.10 bits per heavy atom. The van der Waals surface area contributed by atoms with Crippen molar-refractivity contribution in [3.05, 3.63) is 82.9 Å². The monoisotopic (exact) mass is 417 g/mol. The molecule has 1 aromatic heterocycles. The summed E-state index contributed by atoms with van der Waals surface area (Å²) in [6, 6.07) is 19.9. The average Bonchev–Trinajstić information content (AvgIpc) is 3.04. The molecule has 0 atom stereocenters. The Hall–Kier alpha value is -3.58. The average molecular weight is 417 g/mol. The summed E-state index contributed by atoms with van der Waals surface area (Å²) >= 11 is 1.28. The van der Waals surface area contributed by atoms with E-state index in [1.54, 1.807) is 29.2 Å². The molecule has 0 unspecified atom stereocenters. The number of carbonyl (C=O) groups excluding carboxylic acids is 1. The fourth-order valence-corrected chi connectivity index (χ4v) is 3.97. The zero-order valence-electron chi connectivity index (χ0n) is 16.4. The highest BCUT2D eigenvalue weighted by Gasteiger charge is 2.34. The van der Waals surface area contributed by atoms with Gasteiger partial charge in [-0.05, 0) is 66.7 Å². The number of benzene rings is 2. The third kappa shape index (κ3) is 4.06. The topological polar surface area (TPSA) is 75.0 Å². The molecule has 6 nitrogen and oxygen atoms in total. The van der Waals surface area contributed by atoms with Crippen LogP contribution in [-0.4, -0.2) is 28.3 Å². The standard InChI is InChI=1S/C23H19N3O3S/c1-15-7-6-10-21(24-15)25-23-26(17-8-4-3-5-9-17)22(28)20(30-23)14-16-11-12-18(27)19(13-16)29-2/h3-14,27H,1-2H3/b20-14-,25-23+. The number of thioether (sulfide) groups is 1. The lowest BCUT2D eigenvalue weighted by Gasteiger charge is -2.15. The summed E-state index contributed by atoms with van der Waals surface area (Å²) in [6.07, 6.45) is 1.76. The molecule has 0 bridgehead atoms. The highest BCUT2D eigenvalue weighted by molar-refractivity contribution is 8.19. The molecule has 3 aromatic rings. The van der Waals surface area contributed by atoms with Crippen LogP contribution in [0.3, 0.4) is 0 Å². The number of carbonyl (C=O) groups is 1. The number of pyridine rings is 1. The number of hydrogen-bond donors (Lipinski definition) is 1. The van der Waals surface area contributed by atoms with E-state index >= 15 is 0 Å². The minimum Gasteiger partial charge on any atom is -0.504 e. The van der Waals surface area contributed by atoms with E-state index in [2.05, 4.69) is 9.98 Å². The zero-order chi connectivity index (χ0) is 21.1. The highest BCUT2D eigenvalue weighted by Crippen LogP contribution is 2.37. The minimum atomic E-state index is -0.176. The van der Waals surface area contributed by atoms with Crippen molar-refractivity contribution in [2.75, 3.05) is 12.0 Å². The molecule has 1 saturated heterocycles. The molecule has 30 heavy (non-hydrogen) atoms. The van der Waals surface area contributed by atoms with Crippen LogP contribution in [0.15, 0.2) is 76.6 Å². The van der Waals surface area contributed by atoms with Gasteiger partial charge in [-0.2, -0.15) is 0 Å². The van der Waals surface area contributed by atoms with Crippen molar-refractivity contribution in [3.63, 3.8) is 0 Å². The Bertz CT molecular complexity index is 1160. The fraction of sp³-hybridized carbons (Fsp3) is 0.0870. The van der Waals surface area contributed by atoms with Crippen LogP contribution in [0.1, 0.15) is 11.3 Å². The number of aryl methyl sites for hydroxylation is 1. The molecule has 0 saturated carbocycles.